The van der Waals surface area contributed by atoms with Crippen molar-refractivity contribution in [3.8, 4) is 0 Å². The topological polar surface area (TPSA) is 109 Å². The predicted molar refractivity (Wildman–Crippen MR) is 96.4 cm³/mol. The van der Waals surface area contributed by atoms with Gasteiger partial charge < -0.3 is 14.9 Å². The molecule has 2 aliphatic heterocycles. The number of aryl methyl sites for hydroxylation is 1. The van der Waals surface area contributed by atoms with Crippen molar-refractivity contribution in [1.82, 2.24) is 19.7 Å². The SMILES string of the molecule is Cn1cc(N2C[C@@H]3CN(C(=O)c4ccccn4)C[C@@H]3C2=O)cn1.O=C(O)C(F)(F)F. The van der Waals surface area contributed by atoms with Gasteiger partial charge in [-0.2, -0.15) is 18.3 Å². The molecule has 2 aliphatic rings. The maximum atomic E-state index is 12.6. The van der Waals surface area contributed by atoms with Crippen LogP contribution in [0.5, 0.6) is 0 Å². The molecular weight excluding hydrogens is 407 g/mol. The van der Waals surface area contributed by atoms with E-state index in [1.54, 1.807) is 45.1 Å². The summed E-state index contributed by atoms with van der Waals surface area (Å²) in [5, 5.41) is 11.2. The Kier molecular flexibility index (Phi) is 5.76. The molecule has 0 aromatic carbocycles. The van der Waals surface area contributed by atoms with Crippen LogP contribution in [0.2, 0.25) is 0 Å². The second kappa shape index (κ2) is 8.13. The van der Waals surface area contributed by atoms with Crippen molar-refractivity contribution in [2.75, 3.05) is 24.5 Å². The molecule has 2 aromatic heterocycles. The third-order valence-electron chi connectivity index (χ3n) is 4.86. The smallest absolute Gasteiger partial charge is 0.475 e. The minimum Gasteiger partial charge on any atom is -0.475 e. The summed E-state index contributed by atoms with van der Waals surface area (Å²) in [5.41, 5.74) is 1.26. The monoisotopic (exact) mass is 425 g/mol. The first-order valence-corrected chi connectivity index (χ1v) is 8.88. The number of aromatic nitrogens is 3. The summed E-state index contributed by atoms with van der Waals surface area (Å²) in [6, 6.07) is 5.29. The van der Waals surface area contributed by atoms with E-state index in [4.69, 9.17) is 9.90 Å². The highest BCUT2D eigenvalue weighted by atomic mass is 19.4. The first kappa shape index (κ1) is 21.3. The molecule has 9 nitrogen and oxygen atoms in total. The number of rotatable bonds is 2. The summed E-state index contributed by atoms with van der Waals surface area (Å²) in [4.78, 5) is 41.6. The quantitative estimate of drug-likeness (QED) is 0.774. The summed E-state index contributed by atoms with van der Waals surface area (Å²) in [5.74, 6) is -2.72. The van der Waals surface area contributed by atoms with E-state index < -0.39 is 12.1 Å². The number of halogens is 3. The number of aliphatic carboxylic acids is 1. The molecular formula is C18H18F3N5O4. The second-order valence-corrected chi connectivity index (χ2v) is 6.92. The average molecular weight is 425 g/mol. The Balaban J connectivity index is 0.000000318. The van der Waals surface area contributed by atoms with E-state index in [1.807, 2.05) is 13.2 Å². The van der Waals surface area contributed by atoms with Crippen LogP contribution in [0, 0.1) is 11.8 Å². The average Bonchev–Trinajstić information content (AvgIpc) is 3.38. The van der Waals surface area contributed by atoms with E-state index in [1.165, 1.54) is 0 Å². The molecule has 2 aromatic rings. The number of carboxylic acids is 1. The third-order valence-corrected chi connectivity index (χ3v) is 4.86. The molecule has 2 fully saturated rings. The van der Waals surface area contributed by atoms with Crippen LogP contribution in [-0.4, -0.2) is 68.4 Å². The highest BCUT2D eigenvalue weighted by molar-refractivity contribution is 5.99. The van der Waals surface area contributed by atoms with E-state index in [9.17, 15) is 22.8 Å². The molecule has 0 aliphatic carbocycles. The summed E-state index contributed by atoms with van der Waals surface area (Å²) in [6.45, 7) is 1.71. The minimum atomic E-state index is -5.08. The largest absolute Gasteiger partial charge is 0.490 e. The molecule has 4 rings (SSSR count). The highest BCUT2D eigenvalue weighted by Crippen LogP contribution is 2.35. The van der Waals surface area contributed by atoms with Crippen molar-refractivity contribution in [3.05, 3.63) is 42.5 Å². The summed E-state index contributed by atoms with van der Waals surface area (Å²) in [7, 11) is 1.83. The fraction of sp³-hybridized carbons (Fsp3) is 0.389. The second-order valence-electron chi connectivity index (χ2n) is 6.92. The van der Waals surface area contributed by atoms with E-state index in [2.05, 4.69) is 10.1 Å². The van der Waals surface area contributed by atoms with Crippen LogP contribution in [0.15, 0.2) is 36.8 Å². The molecule has 12 heteroatoms. The number of hydrogen-bond donors (Lipinski definition) is 1. The lowest BCUT2D eigenvalue weighted by Gasteiger charge is -2.20. The van der Waals surface area contributed by atoms with Crippen molar-refractivity contribution in [2.45, 2.75) is 6.18 Å². The first-order valence-electron chi connectivity index (χ1n) is 8.88. The van der Waals surface area contributed by atoms with Crippen molar-refractivity contribution in [2.24, 2.45) is 18.9 Å². The molecule has 2 amide bonds. The lowest BCUT2D eigenvalue weighted by Crippen LogP contribution is -2.35. The lowest BCUT2D eigenvalue weighted by atomic mass is 10.0. The van der Waals surface area contributed by atoms with Crippen molar-refractivity contribution in [1.29, 1.82) is 0 Å². The number of anilines is 1. The normalized spacial score (nSPS) is 20.6. The van der Waals surface area contributed by atoms with Crippen LogP contribution in [0.25, 0.3) is 0 Å². The Morgan fingerprint density at radius 1 is 1.20 bits per heavy atom. The van der Waals surface area contributed by atoms with E-state index in [-0.39, 0.29) is 23.7 Å². The zero-order valence-corrected chi connectivity index (χ0v) is 15.8. The molecule has 0 radical (unpaired) electrons. The minimum absolute atomic E-state index is 0.0827. The van der Waals surface area contributed by atoms with Gasteiger partial charge in [0.15, 0.2) is 0 Å². The molecule has 0 bridgehead atoms. The standard InChI is InChI=1S/C16H17N5O2.C2HF3O2/c1-19-9-12(6-18-19)21-8-11-7-20(10-13(11)15(21)22)16(23)14-4-2-3-5-17-14;3-2(4,5)1(6)7/h2-6,9,11,13H,7-8,10H2,1H3;(H,6,7)/t11-,13-;/m0./s1. The molecule has 30 heavy (non-hydrogen) atoms. The van der Waals surface area contributed by atoms with Gasteiger partial charge in [0.05, 0.1) is 17.8 Å². The molecule has 1 N–H and O–H groups in total. The first-order chi connectivity index (χ1) is 14.1. The van der Waals surface area contributed by atoms with Crippen LogP contribution < -0.4 is 4.90 Å². The number of alkyl halides is 3. The summed E-state index contributed by atoms with van der Waals surface area (Å²) >= 11 is 0. The number of carbonyl (C=O) groups is 3. The maximum absolute atomic E-state index is 12.6. The van der Waals surface area contributed by atoms with Gasteiger partial charge in [-0.1, -0.05) is 6.07 Å². The van der Waals surface area contributed by atoms with E-state index >= 15 is 0 Å². The number of pyridine rings is 1. The zero-order valence-electron chi connectivity index (χ0n) is 15.8. The van der Waals surface area contributed by atoms with Gasteiger partial charge in [-0.05, 0) is 12.1 Å². The fourth-order valence-electron chi connectivity index (χ4n) is 3.46. The molecule has 0 saturated carbocycles. The number of nitrogens with zero attached hydrogens (tertiary/aromatic N) is 5. The molecule has 2 atom stereocenters. The van der Waals surface area contributed by atoms with Crippen LogP contribution in [0.4, 0.5) is 18.9 Å². The van der Waals surface area contributed by atoms with Crippen molar-refractivity contribution < 1.29 is 32.7 Å². The highest BCUT2D eigenvalue weighted by Gasteiger charge is 2.48. The van der Waals surface area contributed by atoms with Crippen LogP contribution >= 0.6 is 0 Å². The Morgan fingerprint density at radius 2 is 1.90 bits per heavy atom. The fourth-order valence-corrected chi connectivity index (χ4v) is 3.46. The van der Waals surface area contributed by atoms with Gasteiger partial charge in [0.1, 0.15) is 5.69 Å². The van der Waals surface area contributed by atoms with Gasteiger partial charge in [0.2, 0.25) is 5.91 Å². The molecule has 4 heterocycles. The summed E-state index contributed by atoms with van der Waals surface area (Å²) < 4.78 is 33.4. The lowest BCUT2D eigenvalue weighted by molar-refractivity contribution is -0.192. The van der Waals surface area contributed by atoms with Crippen LogP contribution in [-0.2, 0) is 16.6 Å². The molecule has 0 unspecified atom stereocenters. The Labute approximate surface area is 168 Å². The Morgan fingerprint density at radius 3 is 2.40 bits per heavy atom. The molecule has 160 valence electrons. The van der Waals surface area contributed by atoms with E-state index in [0.717, 1.165) is 5.69 Å². The number of amides is 2. The zero-order chi connectivity index (χ0) is 22.1. The van der Waals surface area contributed by atoms with Crippen LogP contribution in [0.3, 0.4) is 0 Å². The van der Waals surface area contributed by atoms with Gasteiger partial charge in [-0.25, -0.2) is 4.79 Å². The van der Waals surface area contributed by atoms with Gasteiger partial charge >= 0.3 is 12.1 Å². The number of carboxylic acid groups (broad SMARTS) is 1. The van der Waals surface area contributed by atoms with Gasteiger partial charge in [-0.3, -0.25) is 19.3 Å². The Bertz CT molecular complexity index is 947. The van der Waals surface area contributed by atoms with Crippen molar-refractivity contribution >= 4 is 23.5 Å². The Hall–Kier alpha value is -3.44. The number of fused-ring (bicyclic) bond motifs is 1. The number of hydrogen-bond acceptors (Lipinski definition) is 5. The maximum Gasteiger partial charge on any atom is 0.490 e. The van der Waals surface area contributed by atoms with Crippen LogP contribution in [0.1, 0.15) is 10.5 Å². The number of likely N-dealkylation sites (tertiary alicyclic amines) is 1. The summed E-state index contributed by atoms with van der Waals surface area (Å²) in [6.07, 6.45) is 0.0743. The molecule has 0 spiro atoms. The predicted octanol–water partition coefficient (Wildman–Crippen LogP) is 1.18. The van der Waals surface area contributed by atoms with E-state index in [0.29, 0.717) is 25.3 Å². The number of carbonyl (C=O) groups excluding carboxylic acids is 2. The molecule has 2 saturated heterocycles. The third kappa shape index (κ3) is 4.42. The van der Waals surface area contributed by atoms with Gasteiger partial charge in [0.25, 0.3) is 5.91 Å². The van der Waals surface area contributed by atoms with Crippen molar-refractivity contribution in [3.63, 3.8) is 0 Å². The van der Waals surface area contributed by atoms with Gasteiger partial charge in [-0.15, -0.1) is 0 Å². The van der Waals surface area contributed by atoms with Gasteiger partial charge in [0, 0.05) is 45.0 Å².